The van der Waals surface area contributed by atoms with Gasteiger partial charge < -0.3 is 10.2 Å². The van der Waals surface area contributed by atoms with Gasteiger partial charge in [-0.25, -0.2) is 0 Å². The second kappa shape index (κ2) is 5.06. The fourth-order valence-electron chi connectivity index (χ4n) is 1.62. The van der Waals surface area contributed by atoms with E-state index < -0.39 is 0 Å². The summed E-state index contributed by atoms with van der Waals surface area (Å²) in [6, 6.07) is 5.29. The van der Waals surface area contributed by atoms with Crippen LogP contribution in [0.2, 0.25) is 5.02 Å². The second-order valence-electron chi connectivity index (χ2n) is 3.67. The number of benzene rings is 1. The maximum atomic E-state index is 11.8. The van der Waals surface area contributed by atoms with E-state index in [1.165, 1.54) is 0 Å². The van der Waals surface area contributed by atoms with E-state index in [1.54, 1.807) is 23.1 Å². The average Bonchev–Trinajstić information content (AvgIpc) is 2.46. The highest BCUT2D eigenvalue weighted by atomic mass is 79.9. The third-order valence-electron chi connectivity index (χ3n) is 2.52. The molecule has 1 saturated heterocycles. The Labute approximate surface area is 112 Å². The lowest BCUT2D eigenvalue weighted by Gasteiger charge is -2.20. The molecule has 0 aliphatic carbocycles. The van der Waals surface area contributed by atoms with Gasteiger partial charge in [0, 0.05) is 23.1 Å². The van der Waals surface area contributed by atoms with E-state index in [0.717, 1.165) is 4.47 Å². The standard InChI is InChI=1S/C11H10BrClN2O2/c12-8-2-1-7(5-9(8)13)15-4-3-10(16)14-6-11(15)17/h1-2,5H,3-4,6H2,(H,14,16). The zero-order valence-corrected chi connectivity index (χ0v) is 11.2. The molecule has 0 unspecified atom stereocenters. The molecule has 2 amide bonds. The summed E-state index contributed by atoms with van der Waals surface area (Å²) in [4.78, 5) is 24.6. The summed E-state index contributed by atoms with van der Waals surface area (Å²) in [6.45, 7) is 0.412. The maximum Gasteiger partial charge on any atom is 0.246 e. The van der Waals surface area contributed by atoms with Crippen molar-refractivity contribution < 1.29 is 9.59 Å². The van der Waals surface area contributed by atoms with Crippen molar-refractivity contribution in [3.63, 3.8) is 0 Å². The molecule has 1 aliphatic rings. The van der Waals surface area contributed by atoms with Crippen molar-refractivity contribution in [1.29, 1.82) is 0 Å². The molecule has 2 rings (SSSR count). The fraction of sp³-hybridized carbons (Fsp3) is 0.273. The number of carbonyl (C=O) groups excluding carboxylic acids is 2. The zero-order chi connectivity index (χ0) is 12.4. The minimum atomic E-state index is -0.130. The van der Waals surface area contributed by atoms with Crippen molar-refractivity contribution >= 4 is 45.0 Å². The fourth-order valence-corrected chi connectivity index (χ4v) is 2.04. The van der Waals surface area contributed by atoms with Crippen LogP contribution in [0.15, 0.2) is 22.7 Å². The average molecular weight is 318 g/mol. The van der Waals surface area contributed by atoms with Crippen LogP contribution in [0.5, 0.6) is 0 Å². The Morgan fingerprint density at radius 3 is 2.82 bits per heavy atom. The molecule has 1 aliphatic heterocycles. The summed E-state index contributed by atoms with van der Waals surface area (Å²) in [7, 11) is 0. The SMILES string of the molecule is O=C1CCN(c2ccc(Br)c(Cl)c2)C(=O)CN1. The van der Waals surface area contributed by atoms with E-state index in [4.69, 9.17) is 11.6 Å². The summed E-state index contributed by atoms with van der Waals surface area (Å²) in [5.41, 5.74) is 0.708. The third kappa shape index (κ3) is 2.79. The van der Waals surface area contributed by atoms with Gasteiger partial charge in [0.25, 0.3) is 0 Å². The van der Waals surface area contributed by atoms with E-state index >= 15 is 0 Å². The first-order valence-corrected chi connectivity index (χ1v) is 6.27. The minimum Gasteiger partial charge on any atom is -0.347 e. The van der Waals surface area contributed by atoms with Crippen LogP contribution in [0.1, 0.15) is 6.42 Å². The van der Waals surface area contributed by atoms with Gasteiger partial charge in [0.2, 0.25) is 11.8 Å². The largest absolute Gasteiger partial charge is 0.347 e. The van der Waals surface area contributed by atoms with Crippen LogP contribution in [0, 0.1) is 0 Å². The Kier molecular flexibility index (Phi) is 3.69. The van der Waals surface area contributed by atoms with Crippen molar-refractivity contribution in [2.24, 2.45) is 0 Å². The lowest BCUT2D eigenvalue weighted by molar-refractivity contribution is -0.123. The lowest BCUT2D eigenvalue weighted by atomic mass is 10.2. The molecule has 1 N–H and O–H groups in total. The highest BCUT2D eigenvalue weighted by molar-refractivity contribution is 9.10. The van der Waals surface area contributed by atoms with Crippen molar-refractivity contribution in [1.82, 2.24) is 5.32 Å². The number of nitrogens with one attached hydrogen (secondary N) is 1. The first-order chi connectivity index (χ1) is 8.08. The van der Waals surface area contributed by atoms with Crippen LogP contribution in [0.25, 0.3) is 0 Å². The topological polar surface area (TPSA) is 49.4 Å². The molecule has 1 fully saturated rings. The summed E-state index contributed by atoms with van der Waals surface area (Å²) < 4.78 is 0.777. The summed E-state index contributed by atoms with van der Waals surface area (Å²) in [5, 5.41) is 3.09. The van der Waals surface area contributed by atoms with Crippen LogP contribution in [0.3, 0.4) is 0 Å². The van der Waals surface area contributed by atoms with Crippen molar-refractivity contribution in [3.05, 3.63) is 27.7 Å². The molecular formula is C11H10BrClN2O2. The maximum absolute atomic E-state index is 11.8. The monoisotopic (exact) mass is 316 g/mol. The van der Waals surface area contributed by atoms with E-state index in [2.05, 4.69) is 21.2 Å². The molecule has 1 aromatic carbocycles. The highest BCUT2D eigenvalue weighted by Crippen LogP contribution is 2.28. The van der Waals surface area contributed by atoms with Gasteiger partial charge in [-0.1, -0.05) is 11.6 Å². The van der Waals surface area contributed by atoms with Gasteiger partial charge in [-0.05, 0) is 34.1 Å². The van der Waals surface area contributed by atoms with Crippen molar-refractivity contribution in [2.45, 2.75) is 6.42 Å². The molecule has 17 heavy (non-hydrogen) atoms. The zero-order valence-electron chi connectivity index (χ0n) is 8.87. The Hall–Kier alpha value is -1.07. The van der Waals surface area contributed by atoms with Gasteiger partial charge in [-0.15, -0.1) is 0 Å². The number of hydrogen-bond acceptors (Lipinski definition) is 2. The van der Waals surface area contributed by atoms with Gasteiger partial charge in [-0.3, -0.25) is 9.59 Å². The van der Waals surface area contributed by atoms with Crippen molar-refractivity contribution in [2.75, 3.05) is 18.0 Å². The van der Waals surface area contributed by atoms with Gasteiger partial charge in [0.15, 0.2) is 0 Å². The molecule has 0 bridgehead atoms. The summed E-state index contributed by atoms with van der Waals surface area (Å²) in [5.74, 6) is -0.238. The number of hydrogen-bond donors (Lipinski definition) is 1. The molecule has 0 saturated carbocycles. The molecule has 0 aromatic heterocycles. The van der Waals surface area contributed by atoms with Crippen LogP contribution in [0.4, 0.5) is 5.69 Å². The van der Waals surface area contributed by atoms with Gasteiger partial charge in [0.05, 0.1) is 11.6 Å². The Balaban J connectivity index is 2.28. The molecule has 0 atom stereocenters. The second-order valence-corrected chi connectivity index (χ2v) is 4.93. The first kappa shape index (κ1) is 12.4. The Morgan fingerprint density at radius 2 is 2.12 bits per heavy atom. The molecule has 0 spiro atoms. The third-order valence-corrected chi connectivity index (χ3v) is 3.75. The van der Waals surface area contributed by atoms with Crippen LogP contribution >= 0.6 is 27.5 Å². The van der Waals surface area contributed by atoms with Crippen LogP contribution in [-0.4, -0.2) is 24.9 Å². The Bertz CT molecular complexity index is 479. The first-order valence-electron chi connectivity index (χ1n) is 5.10. The molecular weight excluding hydrogens is 307 g/mol. The number of rotatable bonds is 1. The molecule has 1 heterocycles. The molecule has 90 valence electrons. The Morgan fingerprint density at radius 1 is 1.35 bits per heavy atom. The van der Waals surface area contributed by atoms with E-state index in [-0.39, 0.29) is 18.4 Å². The van der Waals surface area contributed by atoms with Crippen LogP contribution in [-0.2, 0) is 9.59 Å². The lowest BCUT2D eigenvalue weighted by Crippen LogP contribution is -2.35. The smallest absolute Gasteiger partial charge is 0.246 e. The van der Waals surface area contributed by atoms with E-state index in [9.17, 15) is 9.59 Å². The normalized spacial score (nSPS) is 16.7. The number of amides is 2. The van der Waals surface area contributed by atoms with Crippen molar-refractivity contribution in [3.8, 4) is 0 Å². The molecule has 0 radical (unpaired) electrons. The highest BCUT2D eigenvalue weighted by Gasteiger charge is 2.21. The van der Waals surface area contributed by atoms with E-state index in [1.807, 2.05) is 0 Å². The number of carbonyl (C=O) groups is 2. The summed E-state index contributed by atoms with van der Waals surface area (Å²) >= 11 is 9.27. The number of nitrogens with zero attached hydrogens (tertiary/aromatic N) is 1. The number of halogens is 2. The molecule has 6 heteroatoms. The molecule has 4 nitrogen and oxygen atoms in total. The van der Waals surface area contributed by atoms with Gasteiger partial charge >= 0.3 is 0 Å². The predicted molar refractivity (Wildman–Crippen MR) is 69.1 cm³/mol. The van der Waals surface area contributed by atoms with Crippen LogP contribution < -0.4 is 10.2 Å². The quantitative estimate of drug-likeness (QED) is 0.861. The van der Waals surface area contributed by atoms with Gasteiger partial charge in [0.1, 0.15) is 0 Å². The number of anilines is 1. The van der Waals surface area contributed by atoms with E-state index in [0.29, 0.717) is 23.7 Å². The summed E-state index contributed by atoms with van der Waals surface area (Å²) in [6.07, 6.45) is 0.305. The van der Waals surface area contributed by atoms with Gasteiger partial charge in [-0.2, -0.15) is 0 Å². The minimum absolute atomic E-state index is 0.0342. The predicted octanol–water partition coefficient (Wildman–Crippen LogP) is 1.96. The molecule has 1 aromatic rings.